The Labute approximate surface area is 151 Å². The Hall–Kier alpha value is -2.11. The molecule has 0 aliphatic carbocycles. The molecule has 1 fully saturated rings. The molecular formula is C21H21F3O2. The van der Waals surface area contributed by atoms with Crippen LogP contribution in [0.25, 0.3) is 11.1 Å². The lowest BCUT2D eigenvalue weighted by Gasteiger charge is -2.29. The highest BCUT2D eigenvalue weighted by molar-refractivity contribution is 5.64. The van der Waals surface area contributed by atoms with Gasteiger partial charge in [-0.3, -0.25) is 0 Å². The molecule has 0 atom stereocenters. The van der Waals surface area contributed by atoms with Gasteiger partial charge in [0.15, 0.2) is 6.29 Å². The molecule has 1 aliphatic heterocycles. The highest BCUT2D eigenvalue weighted by atomic mass is 19.1. The van der Waals surface area contributed by atoms with Crippen LogP contribution in [0.4, 0.5) is 13.2 Å². The topological polar surface area (TPSA) is 18.5 Å². The van der Waals surface area contributed by atoms with E-state index in [2.05, 4.69) is 6.58 Å². The van der Waals surface area contributed by atoms with E-state index in [1.807, 2.05) is 18.2 Å². The van der Waals surface area contributed by atoms with Crippen molar-refractivity contribution in [3.63, 3.8) is 0 Å². The summed E-state index contributed by atoms with van der Waals surface area (Å²) in [6.45, 7) is 3.80. The second-order valence-corrected chi connectivity index (χ2v) is 6.40. The summed E-state index contributed by atoms with van der Waals surface area (Å²) < 4.78 is 51.7. The normalized spacial score (nSPS) is 20.1. The molecule has 2 aromatic rings. The van der Waals surface area contributed by atoms with Crippen molar-refractivity contribution in [1.29, 1.82) is 0 Å². The van der Waals surface area contributed by atoms with Crippen LogP contribution in [0.15, 0.2) is 49.1 Å². The molecule has 5 heteroatoms. The fourth-order valence-electron chi connectivity index (χ4n) is 2.99. The molecule has 2 nitrogen and oxygen atoms in total. The zero-order chi connectivity index (χ0) is 18.5. The maximum absolute atomic E-state index is 13.8. The second kappa shape index (κ2) is 8.52. The van der Waals surface area contributed by atoms with Gasteiger partial charge >= 0.3 is 0 Å². The number of rotatable bonds is 6. The first-order valence-electron chi connectivity index (χ1n) is 8.60. The van der Waals surface area contributed by atoms with Gasteiger partial charge in [-0.25, -0.2) is 13.2 Å². The second-order valence-electron chi connectivity index (χ2n) is 6.40. The van der Waals surface area contributed by atoms with E-state index in [0.29, 0.717) is 30.3 Å². The van der Waals surface area contributed by atoms with Crippen molar-refractivity contribution in [2.75, 3.05) is 13.2 Å². The third-order valence-electron chi connectivity index (χ3n) is 4.54. The van der Waals surface area contributed by atoms with Gasteiger partial charge < -0.3 is 9.47 Å². The van der Waals surface area contributed by atoms with E-state index in [-0.39, 0.29) is 0 Å². The van der Waals surface area contributed by atoms with Gasteiger partial charge in [0.05, 0.1) is 18.8 Å². The average molecular weight is 362 g/mol. The average Bonchev–Trinajstić information content (AvgIpc) is 2.67. The molecule has 0 aromatic heterocycles. The van der Waals surface area contributed by atoms with Crippen LogP contribution < -0.4 is 0 Å². The summed E-state index contributed by atoms with van der Waals surface area (Å²) in [7, 11) is 0. The Kier molecular flexibility index (Phi) is 6.12. The summed E-state index contributed by atoms with van der Waals surface area (Å²) in [5.41, 5.74) is 1.30. The molecule has 0 saturated carbocycles. The summed E-state index contributed by atoms with van der Waals surface area (Å²) in [5, 5.41) is 0. The highest BCUT2D eigenvalue weighted by Crippen LogP contribution is 2.30. The lowest BCUT2D eigenvalue weighted by Crippen LogP contribution is -2.26. The first kappa shape index (κ1) is 18.7. The summed E-state index contributed by atoms with van der Waals surface area (Å²) in [6, 6.07) is 9.39. The first-order chi connectivity index (χ1) is 12.6. The number of benzene rings is 2. The number of ether oxygens (including phenoxy) is 2. The van der Waals surface area contributed by atoms with E-state index in [1.165, 1.54) is 0 Å². The van der Waals surface area contributed by atoms with Crippen LogP contribution in [-0.2, 0) is 16.1 Å². The third kappa shape index (κ3) is 4.17. The van der Waals surface area contributed by atoms with Gasteiger partial charge in [-0.2, -0.15) is 0 Å². The molecule has 0 N–H and O–H groups in total. The molecule has 0 amide bonds. The number of alkyl halides is 1. The van der Waals surface area contributed by atoms with Crippen LogP contribution in [0.3, 0.4) is 0 Å². The minimum absolute atomic E-state index is 0.360. The van der Waals surface area contributed by atoms with Gasteiger partial charge in [-0.1, -0.05) is 30.3 Å². The van der Waals surface area contributed by atoms with E-state index in [9.17, 15) is 13.2 Å². The Balaban J connectivity index is 1.69. The summed E-state index contributed by atoms with van der Waals surface area (Å²) in [5.74, 6) is -1.39. The van der Waals surface area contributed by atoms with E-state index >= 15 is 0 Å². The SMILES string of the molecule is C=CCCC1COC(c2ccc(-c3cc(F)c(CF)c(F)c3)cc2)OC1. The fraction of sp³-hybridized carbons (Fsp3) is 0.333. The van der Waals surface area contributed by atoms with E-state index in [4.69, 9.17) is 9.47 Å². The summed E-state index contributed by atoms with van der Waals surface area (Å²) >= 11 is 0. The van der Waals surface area contributed by atoms with Crippen molar-refractivity contribution in [3.05, 3.63) is 71.8 Å². The van der Waals surface area contributed by atoms with Gasteiger partial charge in [-0.15, -0.1) is 6.58 Å². The van der Waals surface area contributed by atoms with E-state index in [1.54, 1.807) is 12.1 Å². The Morgan fingerprint density at radius 2 is 1.62 bits per heavy atom. The predicted octanol–water partition coefficient (Wildman–Crippen LogP) is 5.73. The van der Waals surface area contributed by atoms with Crippen LogP contribution in [-0.4, -0.2) is 13.2 Å². The molecule has 1 heterocycles. The van der Waals surface area contributed by atoms with Crippen molar-refractivity contribution in [3.8, 4) is 11.1 Å². The zero-order valence-electron chi connectivity index (χ0n) is 14.4. The molecule has 138 valence electrons. The zero-order valence-corrected chi connectivity index (χ0v) is 14.4. The predicted molar refractivity (Wildman–Crippen MR) is 94.2 cm³/mol. The lowest BCUT2D eigenvalue weighted by atomic mass is 10.0. The smallest absolute Gasteiger partial charge is 0.183 e. The van der Waals surface area contributed by atoms with Crippen molar-refractivity contribution < 1.29 is 22.6 Å². The van der Waals surface area contributed by atoms with Crippen LogP contribution >= 0.6 is 0 Å². The first-order valence-corrected chi connectivity index (χ1v) is 8.60. The van der Waals surface area contributed by atoms with Gasteiger partial charge in [-0.05, 0) is 36.1 Å². The van der Waals surface area contributed by atoms with Crippen molar-refractivity contribution >= 4 is 0 Å². The molecule has 3 rings (SSSR count). The minimum atomic E-state index is -1.17. The van der Waals surface area contributed by atoms with Crippen LogP contribution in [0.2, 0.25) is 0 Å². The molecule has 0 bridgehead atoms. The maximum Gasteiger partial charge on any atom is 0.183 e. The van der Waals surface area contributed by atoms with Crippen LogP contribution in [0.5, 0.6) is 0 Å². The minimum Gasteiger partial charge on any atom is -0.348 e. The monoisotopic (exact) mass is 362 g/mol. The molecule has 1 aliphatic rings. The molecule has 1 saturated heterocycles. The van der Waals surface area contributed by atoms with E-state index in [0.717, 1.165) is 30.5 Å². The number of hydrogen-bond acceptors (Lipinski definition) is 2. The van der Waals surface area contributed by atoms with Crippen LogP contribution in [0, 0.1) is 17.6 Å². The van der Waals surface area contributed by atoms with Crippen molar-refractivity contribution in [2.24, 2.45) is 5.92 Å². The van der Waals surface area contributed by atoms with Crippen molar-refractivity contribution in [1.82, 2.24) is 0 Å². The van der Waals surface area contributed by atoms with Gasteiger partial charge in [0.2, 0.25) is 0 Å². The van der Waals surface area contributed by atoms with Gasteiger partial charge in [0, 0.05) is 11.5 Å². The van der Waals surface area contributed by atoms with Gasteiger partial charge in [0.25, 0.3) is 0 Å². The molecule has 0 radical (unpaired) electrons. The third-order valence-corrected chi connectivity index (χ3v) is 4.54. The van der Waals surface area contributed by atoms with Crippen LogP contribution in [0.1, 0.15) is 30.3 Å². The number of hydrogen-bond donors (Lipinski definition) is 0. The van der Waals surface area contributed by atoms with Gasteiger partial charge in [0.1, 0.15) is 18.3 Å². The number of allylic oxidation sites excluding steroid dienone is 1. The quantitative estimate of drug-likeness (QED) is 0.611. The lowest BCUT2D eigenvalue weighted by molar-refractivity contribution is -0.205. The largest absolute Gasteiger partial charge is 0.348 e. The van der Waals surface area contributed by atoms with Crippen molar-refractivity contribution in [2.45, 2.75) is 25.8 Å². The maximum atomic E-state index is 13.8. The Morgan fingerprint density at radius 1 is 1.00 bits per heavy atom. The number of halogens is 3. The standard InChI is InChI=1S/C21H21F3O2/c1-2-3-4-14-12-25-21(26-13-14)16-7-5-15(6-8-16)17-9-19(23)18(11-22)20(24)10-17/h2,5-10,14,21H,1,3-4,11-13H2. The Morgan fingerprint density at radius 3 is 2.15 bits per heavy atom. The van der Waals surface area contributed by atoms with E-state index < -0.39 is 30.2 Å². The summed E-state index contributed by atoms with van der Waals surface area (Å²) in [6.07, 6.45) is 3.37. The molecule has 26 heavy (non-hydrogen) atoms. The Bertz CT molecular complexity index is 727. The molecule has 0 spiro atoms. The highest BCUT2D eigenvalue weighted by Gasteiger charge is 2.23. The summed E-state index contributed by atoms with van der Waals surface area (Å²) in [4.78, 5) is 0. The molecule has 0 unspecified atom stereocenters. The fourth-order valence-corrected chi connectivity index (χ4v) is 2.99. The molecule has 2 aromatic carbocycles. The molecular weight excluding hydrogens is 341 g/mol.